The molecule has 3 aromatic heterocycles. The van der Waals surface area contributed by atoms with Gasteiger partial charge in [0.2, 0.25) is 0 Å². The van der Waals surface area contributed by atoms with Crippen LogP contribution in [0.5, 0.6) is 0 Å². The lowest BCUT2D eigenvalue weighted by molar-refractivity contribution is 0.0248. The Morgan fingerprint density at radius 3 is 2.72 bits per heavy atom. The minimum atomic E-state index is -0.805. The van der Waals surface area contributed by atoms with Crippen LogP contribution >= 0.6 is 0 Å². The zero-order chi connectivity index (χ0) is 32.7. The first-order valence-electron chi connectivity index (χ1n) is 15.6. The first-order chi connectivity index (χ1) is 22.0. The van der Waals surface area contributed by atoms with Crippen LogP contribution in [0, 0.1) is 5.82 Å². The maximum Gasteiger partial charge on any atom is 0.417 e. The van der Waals surface area contributed by atoms with Crippen LogP contribution in [0.3, 0.4) is 0 Å². The van der Waals surface area contributed by atoms with Crippen molar-refractivity contribution in [3.05, 3.63) is 77.0 Å². The quantitative estimate of drug-likeness (QED) is 0.240. The number of nitrogens with zero attached hydrogens (tertiary/aromatic N) is 5. The molecule has 1 saturated heterocycles. The highest BCUT2D eigenvalue weighted by Crippen LogP contribution is 2.39. The smallest absolute Gasteiger partial charge is 0.417 e. The predicted molar refractivity (Wildman–Crippen MR) is 170 cm³/mol. The first-order valence-corrected chi connectivity index (χ1v) is 15.6. The summed E-state index contributed by atoms with van der Waals surface area (Å²) in [5.74, 6) is -0.517. The number of hydrogen-bond acceptors (Lipinski definition) is 9. The number of pyridine rings is 2. The molecule has 0 bridgehead atoms. The second kappa shape index (κ2) is 12.4. The number of aliphatic hydroxyl groups excluding tert-OH is 2. The van der Waals surface area contributed by atoms with Gasteiger partial charge in [-0.3, -0.25) is 14.1 Å². The number of carbonyl (C=O) groups is 2. The molecule has 0 unspecified atom stereocenters. The largest absolute Gasteiger partial charge is 0.443 e. The molecule has 4 aromatic rings. The third-order valence-electron chi connectivity index (χ3n) is 8.50. The van der Waals surface area contributed by atoms with E-state index in [-0.39, 0.29) is 25.2 Å². The first kappa shape index (κ1) is 31.6. The number of likely N-dealkylation sites (tertiary alicyclic amines) is 1. The number of hydrogen-bond donors (Lipinski definition) is 3. The van der Waals surface area contributed by atoms with Gasteiger partial charge in [-0.05, 0) is 62.9 Å². The lowest BCUT2D eigenvalue weighted by Crippen LogP contribution is -2.37. The number of anilines is 2. The summed E-state index contributed by atoms with van der Waals surface area (Å²) in [6, 6.07) is 10.0. The molecule has 242 valence electrons. The molecule has 2 atom stereocenters. The fraction of sp³-hybridized carbons (Fsp3) is 0.412. The van der Waals surface area contributed by atoms with E-state index in [0.29, 0.717) is 59.0 Å². The topological polar surface area (TPSA) is 133 Å². The fourth-order valence-corrected chi connectivity index (χ4v) is 6.22. The molecule has 2 amide bonds. The molecule has 1 aromatic carbocycles. The van der Waals surface area contributed by atoms with Gasteiger partial charge in [0.05, 0.1) is 41.5 Å². The van der Waals surface area contributed by atoms with Gasteiger partial charge in [-0.2, -0.15) is 0 Å². The van der Waals surface area contributed by atoms with Crippen LogP contribution in [0.4, 0.5) is 20.7 Å². The Labute approximate surface area is 266 Å². The number of imide groups is 1. The van der Waals surface area contributed by atoms with Crippen LogP contribution in [-0.4, -0.2) is 77.8 Å². The fourth-order valence-electron chi connectivity index (χ4n) is 6.22. The van der Waals surface area contributed by atoms with Gasteiger partial charge in [0, 0.05) is 50.0 Å². The number of imidazole rings is 1. The number of nitrogens with one attached hydrogen (secondary N) is 1. The van der Waals surface area contributed by atoms with E-state index in [1.165, 1.54) is 12.1 Å². The summed E-state index contributed by atoms with van der Waals surface area (Å²) in [6.45, 7) is 9.01. The zero-order valence-electron chi connectivity index (χ0n) is 26.5. The Morgan fingerprint density at radius 1 is 1.22 bits per heavy atom. The molecule has 0 aliphatic carbocycles. The summed E-state index contributed by atoms with van der Waals surface area (Å²) >= 11 is 0. The van der Waals surface area contributed by atoms with Crippen molar-refractivity contribution in [1.82, 2.24) is 24.2 Å². The summed E-state index contributed by atoms with van der Waals surface area (Å²) in [4.78, 5) is 39.7. The minimum absolute atomic E-state index is 0.0134. The molecule has 12 heteroatoms. The molecule has 1 fully saturated rings. The lowest BCUT2D eigenvalue weighted by Gasteiger charge is -2.23. The summed E-state index contributed by atoms with van der Waals surface area (Å²) in [5, 5.41) is 23.5. The van der Waals surface area contributed by atoms with Crippen molar-refractivity contribution in [2.24, 2.45) is 0 Å². The van der Waals surface area contributed by atoms with E-state index >= 15 is 0 Å². The highest BCUT2D eigenvalue weighted by Gasteiger charge is 2.39. The third-order valence-corrected chi connectivity index (χ3v) is 8.50. The van der Waals surface area contributed by atoms with Crippen LogP contribution in [0.1, 0.15) is 73.6 Å². The van der Waals surface area contributed by atoms with E-state index in [9.17, 15) is 24.2 Å². The van der Waals surface area contributed by atoms with Crippen LogP contribution in [0.2, 0.25) is 0 Å². The number of ether oxygens (including phenoxy) is 1. The van der Waals surface area contributed by atoms with Crippen molar-refractivity contribution in [3.63, 3.8) is 0 Å². The SMILES string of the molecule is CC[C@@H](CO)c1ccc(Nc2ccc(-c3cnc4cc(F)ccn34)c3c2C(=O)N(C(=O)OC(C)(C)C)C3)nc1CN1CC[C@H](O)C1. The second-order valence-corrected chi connectivity index (χ2v) is 12.9. The van der Waals surface area contributed by atoms with E-state index < -0.39 is 23.4 Å². The van der Waals surface area contributed by atoms with Crippen LogP contribution in [-0.2, 0) is 17.8 Å². The number of carbonyl (C=O) groups excluding carboxylic acids is 2. The Morgan fingerprint density at radius 2 is 2.02 bits per heavy atom. The standard InChI is InChI=1S/C34H39FN6O5/c1-5-20(19-42)23-7-9-29(38-27(23)18-39-12-11-22(43)16-39)37-26-8-6-24(28-15-36-30-14-21(35)10-13-40(28)30)25-17-41(32(44)31(25)26)33(45)46-34(2,3)4/h6-10,13-15,20,22,42-43H,5,11-12,16-19H2,1-4H3,(H,37,38)/t20-,22-/m0/s1. The molecule has 2 aliphatic heterocycles. The van der Waals surface area contributed by atoms with Gasteiger partial charge >= 0.3 is 6.09 Å². The summed E-state index contributed by atoms with van der Waals surface area (Å²) in [5.41, 5.74) is 4.01. The van der Waals surface area contributed by atoms with Crippen molar-refractivity contribution < 1.29 is 28.9 Å². The Kier molecular flexibility index (Phi) is 8.53. The van der Waals surface area contributed by atoms with Crippen LogP contribution in [0.15, 0.2) is 48.8 Å². The lowest BCUT2D eigenvalue weighted by atomic mass is 9.95. The van der Waals surface area contributed by atoms with Crippen LogP contribution < -0.4 is 5.32 Å². The number of halogens is 1. The molecule has 0 saturated carbocycles. The van der Waals surface area contributed by atoms with E-state index in [4.69, 9.17) is 9.72 Å². The van der Waals surface area contributed by atoms with Gasteiger partial charge in [-0.1, -0.05) is 19.1 Å². The number of benzene rings is 1. The highest BCUT2D eigenvalue weighted by molar-refractivity contribution is 6.11. The van der Waals surface area contributed by atoms with Gasteiger partial charge < -0.3 is 20.3 Å². The van der Waals surface area contributed by atoms with Gasteiger partial charge in [0.15, 0.2) is 0 Å². The Hall–Kier alpha value is -4.39. The molecule has 3 N–H and O–H groups in total. The monoisotopic (exact) mass is 630 g/mol. The van der Waals surface area contributed by atoms with Crippen molar-refractivity contribution in [3.8, 4) is 11.3 Å². The average Bonchev–Trinajstić information content (AvgIpc) is 3.71. The third kappa shape index (κ3) is 6.20. The normalized spacial score (nSPS) is 17.5. The molecule has 11 nitrogen and oxygen atoms in total. The van der Waals surface area contributed by atoms with Gasteiger partial charge in [0.25, 0.3) is 5.91 Å². The van der Waals surface area contributed by atoms with Crippen molar-refractivity contribution >= 4 is 29.2 Å². The molecule has 0 spiro atoms. The van der Waals surface area contributed by atoms with Crippen LogP contribution in [0.25, 0.3) is 16.9 Å². The molecule has 0 radical (unpaired) electrons. The zero-order valence-corrected chi connectivity index (χ0v) is 26.5. The maximum absolute atomic E-state index is 13.9. The maximum atomic E-state index is 13.9. The predicted octanol–water partition coefficient (Wildman–Crippen LogP) is 5.22. The van der Waals surface area contributed by atoms with Gasteiger partial charge in [-0.25, -0.2) is 24.1 Å². The highest BCUT2D eigenvalue weighted by atomic mass is 19.1. The Bertz CT molecular complexity index is 1800. The van der Waals surface area contributed by atoms with Gasteiger partial charge in [0.1, 0.15) is 22.9 Å². The average molecular weight is 631 g/mol. The summed E-state index contributed by atoms with van der Waals surface area (Å²) in [6.07, 6.45) is 3.50. The molecule has 5 heterocycles. The summed E-state index contributed by atoms with van der Waals surface area (Å²) < 4.78 is 21.2. The minimum Gasteiger partial charge on any atom is -0.443 e. The van der Waals surface area contributed by atoms with Crippen molar-refractivity contribution in [2.75, 3.05) is 25.0 Å². The molecule has 6 rings (SSSR count). The number of fused-ring (bicyclic) bond motifs is 2. The van der Waals surface area contributed by atoms with E-state index in [1.54, 1.807) is 43.6 Å². The van der Waals surface area contributed by atoms with E-state index in [0.717, 1.165) is 29.1 Å². The summed E-state index contributed by atoms with van der Waals surface area (Å²) in [7, 11) is 0. The molecule has 2 aliphatic rings. The van der Waals surface area contributed by atoms with Crippen molar-refractivity contribution in [2.45, 2.75) is 71.2 Å². The van der Waals surface area contributed by atoms with Crippen molar-refractivity contribution in [1.29, 1.82) is 0 Å². The van der Waals surface area contributed by atoms with E-state index in [2.05, 4.69) is 15.2 Å². The second-order valence-electron chi connectivity index (χ2n) is 12.9. The molecule has 46 heavy (non-hydrogen) atoms. The number of β-amino-alcohol motifs (C(OH)–C–C–N with tert-alkyl or cyclic N) is 1. The van der Waals surface area contributed by atoms with Gasteiger partial charge in [-0.15, -0.1) is 0 Å². The number of amides is 2. The molecular formula is C34H39FN6O5. The number of aliphatic hydroxyl groups is 2. The Balaban J connectivity index is 1.41. The molecular weight excluding hydrogens is 591 g/mol. The number of aromatic nitrogens is 3. The van der Waals surface area contributed by atoms with E-state index in [1.807, 2.05) is 25.1 Å². The number of rotatable bonds is 8.